The van der Waals surface area contributed by atoms with Gasteiger partial charge >= 0.3 is 6.85 Å². The fourth-order valence-corrected chi connectivity index (χ4v) is 15.3. The first kappa shape index (κ1) is 45.8. The Morgan fingerprint density at radius 2 is 1.08 bits per heavy atom. The lowest BCUT2D eigenvalue weighted by molar-refractivity contribution is 0.332. The molecule has 0 fully saturated rings. The summed E-state index contributed by atoms with van der Waals surface area (Å²) >= 11 is 0. The Bertz CT molecular complexity index is 4370. The molecule has 376 valence electrons. The maximum atomic E-state index is 7.68. The molecule has 11 aromatic rings. The highest BCUT2D eigenvalue weighted by atomic mass is 16.3. The molecule has 4 heteroatoms. The second kappa shape index (κ2) is 15.7. The van der Waals surface area contributed by atoms with Crippen LogP contribution in [0.1, 0.15) is 106 Å². The molecule has 10 aromatic carbocycles. The second-order valence-corrected chi connectivity index (χ2v) is 25.4. The Kier molecular flexibility index (Phi) is 9.20. The van der Waals surface area contributed by atoms with Crippen LogP contribution in [0, 0.1) is 6.92 Å². The third kappa shape index (κ3) is 5.96. The normalized spacial score (nSPS) is 16.3. The van der Waals surface area contributed by atoms with Gasteiger partial charge in [0.15, 0.2) is 5.58 Å². The van der Waals surface area contributed by atoms with E-state index in [1.54, 1.807) is 0 Å². The van der Waals surface area contributed by atoms with Crippen molar-refractivity contribution in [3.63, 3.8) is 0 Å². The molecule has 0 amide bonds. The van der Waals surface area contributed by atoms with Crippen molar-refractivity contribution in [2.45, 2.75) is 89.9 Å². The first-order valence-corrected chi connectivity index (χ1v) is 28.2. The summed E-state index contributed by atoms with van der Waals surface area (Å²) in [5.41, 5.74) is 30.4. The summed E-state index contributed by atoms with van der Waals surface area (Å²) in [5.74, 6) is 0. The van der Waals surface area contributed by atoms with Crippen LogP contribution in [0.3, 0.4) is 0 Å². The highest BCUT2D eigenvalue weighted by Crippen LogP contribution is 2.65. The number of anilines is 5. The van der Waals surface area contributed by atoms with Crippen LogP contribution in [0.25, 0.3) is 66.4 Å². The van der Waals surface area contributed by atoms with Crippen LogP contribution in [0.5, 0.6) is 0 Å². The number of furan rings is 1. The van der Waals surface area contributed by atoms with Crippen LogP contribution < -0.4 is 20.6 Å². The summed E-state index contributed by atoms with van der Waals surface area (Å²) < 4.78 is 7.68. The van der Waals surface area contributed by atoms with Gasteiger partial charge in [-0.3, -0.25) is 0 Å². The van der Waals surface area contributed by atoms with Gasteiger partial charge in [-0.15, -0.1) is 0 Å². The Hall–Kier alpha value is -8.34. The van der Waals surface area contributed by atoms with E-state index in [2.05, 4.69) is 265 Å². The lowest BCUT2D eigenvalue weighted by Crippen LogP contribution is -2.63. The zero-order valence-electron chi connectivity index (χ0n) is 45.8. The average molecular weight is 1010 g/mol. The topological polar surface area (TPSA) is 19.6 Å². The van der Waals surface area contributed by atoms with E-state index in [0.29, 0.717) is 0 Å². The van der Waals surface area contributed by atoms with Crippen LogP contribution >= 0.6 is 0 Å². The Morgan fingerprint density at radius 3 is 1.79 bits per heavy atom. The summed E-state index contributed by atoms with van der Waals surface area (Å²) in [4.78, 5) is 5.39. The lowest BCUT2D eigenvalue weighted by atomic mass is 9.42. The monoisotopic (exact) mass is 1000 g/mol. The van der Waals surface area contributed by atoms with Gasteiger partial charge in [-0.1, -0.05) is 206 Å². The molecule has 2 aliphatic carbocycles. The standard InChI is InChI=1S/C74H61BN2O/c1-44-21-12-13-24-48(44)46-39-55-51-27-20-31-59-68(51)77(64-32-19-18-30-58(64)74(59)56-28-16-14-25-49(56)50-26-15-17-29-57(50)74)75-62-35-34-52-54-42-60-61(73(7,8)38-37-72(60,5)6)43-66(54)78-70(52)69(62)76(65(40-46)67(55)75)63-36-33-47(71(2,3)4)41-53(63)45-22-10-9-11-23-45/h9-36,39-43H,37-38H2,1-8H3. The fraction of sp³-hybridized carbons (Fsp3) is 0.189. The van der Waals surface area contributed by atoms with Gasteiger partial charge in [0.2, 0.25) is 0 Å². The fourth-order valence-electron chi connectivity index (χ4n) is 15.3. The molecule has 0 radical (unpaired) electrons. The molecule has 4 heterocycles. The minimum Gasteiger partial charge on any atom is -0.454 e. The Morgan fingerprint density at radius 1 is 0.449 bits per heavy atom. The van der Waals surface area contributed by atoms with Crippen molar-refractivity contribution in [2.75, 3.05) is 9.71 Å². The van der Waals surface area contributed by atoms with Crippen molar-refractivity contribution < 1.29 is 4.42 Å². The molecule has 5 aliphatic rings. The number of rotatable bonds is 3. The number of nitrogens with zero attached hydrogens (tertiary/aromatic N) is 2. The second-order valence-electron chi connectivity index (χ2n) is 25.4. The van der Waals surface area contributed by atoms with Crippen molar-refractivity contribution in [2.24, 2.45) is 0 Å². The van der Waals surface area contributed by atoms with E-state index in [9.17, 15) is 0 Å². The molecule has 0 saturated carbocycles. The zero-order chi connectivity index (χ0) is 52.8. The van der Waals surface area contributed by atoms with Crippen LogP contribution in [0.15, 0.2) is 205 Å². The predicted octanol–water partition coefficient (Wildman–Crippen LogP) is 18.3. The third-order valence-electron chi connectivity index (χ3n) is 19.2. The van der Waals surface area contributed by atoms with Gasteiger partial charge in [0.1, 0.15) is 5.58 Å². The first-order valence-electron chi connectivity index (χ1n) is 28.2. The van der Waals surface area contributed by atoms with Gasteiger partial charge in [0.05, 0.1) is 16.8 Å². The Balaban J connectivity index is 1.09. The molecule has 78 heavy (non-hydrogen) atoms. The molecule has 0 bridgehead atoms. The molecule has 0 N–H and O–H groups in total. The largest absolute Gasteiger partial charge is 0.454 e. The maximum absolute atomic E-state index is 7.68. The maximum Gasteiger partial charge on any atom is 0.333 e. The SMILES string of the molecule is Cc1ccccc1-c1cc2c3c(c1)N(c1ccc(C(C)(C)C)cc1-c1ccccc1)c1c(ccc4c1oc1cc5c(cc14)C(C)(C)CCC5(C)C)B3N1c3ccccc3C3(c4ccccc4-c4ccccc43)c3cccc-2c31. The molecule has 0 atom stereocenters. The number of fused-ring (bicyclic) bond motifs is 18. The van der Waals surface area contributed by atoms with Crippen molar-refractivity contribution in [3.05, 3.63) is 245 Å². The van der Waals surface area contributed by atoms with E-state index in [4.69, 9.17) is 4.42 Å². The van der Waals surface area contributed by atoms with Crippen LogP contribution in [0.2, 0.25) is 0 Å². The summed E-state index contributed by atoms with van der Waals surface area (Å²) in [5, 5.41) is 2.33. The van der Waals surface area contributed by atoms with E-state index in [1.165, 1.54) is 122 Å². The zero-order valence-corrected chi connectivity index (χ0v) is 45.8. The lowest BCUT2D eigenvalue weighted by Gasteiger charge is -2.52. The summed E-state index contributed by atoms with van der Waals surface area (Å²) in [7, 11) is 0. The predicted molar refractivity (Wildman–Crippen MR) is 328 cm³/mol. The summed E-state index contributed by atoms with van der Waals surface area (Å²) in [6.07, 6.45) is 2.28. The van der Waals surface area contributed by atoms with Crippen LogP contribution in [-0.2, 0) is 21.7 Å². The van der Waals surface area contributed by atoms with Gasteiger partial charge in [0, 0.05) is 39.0 Å². The van der Waals surface area contributed by atoms with Crippen molar-refractivity contribution >= 4 is 68.1 Å². The van der Waals surface area contributed by atoms with E-state index < -0.39 is 5.41 Å². The number of hydrogen-bond donors (Lipinski definition) is 0. The van der Waals surface area contributed by atoms with E-state index >= 15 is 0 Å². The molecule has 0 unspecified atom stereocenters. The van der Waals surface area contributed by atoms with Gasteiger partial charge in [-0.05, 0) is 167 Å². The molecule has 16 rings (SSSR count). The number of hydrogen-bond acceptors (Lipinski definition) is 3. The minimum atomic E-state index is -0.550. The van der Waals surface area contributed by atoms with Crippen molar-refractivity contribution in [1.82, 2.24) is 0 Å². The molecule has 3 nitrogen and oxygen atoms in total. The average Bonchev–Trinajstić information content (AvgIpc) is 2.63. The van der Waals surface area contributed by atoms with Crippen LogP contribution in [0.4, 0.5) is 28.4 Å². The van der Waals surface area contributed by atoms with Gasteiger partial charge in [-0.2, -0.15) is 0 Å². The molecule has 3 aliphatic heterocycles. The highest BCUT2D eigenvalue weighted by molar-refractivity contribution is 6.94. The quantitative estimate of drug-likeness (QED) is 0.164. The van der Waals surface area contributed by atoms with Crippen molar-refractivity contribution in [1.29, 1.82) is 0 Å². The van der Waals surface area contributed by atoms with Gasteiger partial charge < -0.3 is 14.1 Å². The number of benzene rings is 10. The first-order chi connectivity index (χ1) is 37.7. The summed E-state index contributed by atoms with van der Waals surface area (Å²) in [6, 6.07) is 77.0. The number of para-hydroxylation sites is 2. The molecule has 0 saturated heterocycles. The van der Waals surface area contributed by atoms with E-state index in [0.717, 1.165) is 40.8 Å². The third-order valence-corrected chi connectivity index (χ3v) is 19.2. The highest BCUT2D eigenvalue weighted by Gasteiger charge is 2.56. The smallest absolute Gasteiger partial charge is 0.333 e. The van der Waals surface area contributed by atoms with E-state index in [-0.39, 0.29) is 23.1 Å². The van der Waals surface area contributed by atoms with Crippen molar-refractivity contribution in [3.8, 4) is 44.5 Å². The molecular formula is C74H61BN2O. The van der Waals surface area contributed by atoms with Gasteiger partial charge in [0.25, 0.3) is 0 Å². The number of aryl methyl sites for hydroxylation is 1. The van der Waals surface area contributed by atoms with E-state index in [1.807, 2.05) is 0 Å². The Labute approximate surface area is 458 Å². The molecule has 1 spiro atoms. The van der Waals surface area contributed by atoms with Crippen LogP contribution in [-0.4, -0.2) is 6.85 Å². The van der Waals surface area contributed by atoms with Gasteiger partial charge in [-0.25, -0.2) is 0 Å². The molecular weight excluding hydrogens is 944 g/mol. The minimum absolute atomic E-state index is 0.0245. The molecule has 1 aromatic heterocycles. The summed E-state index contributed by atoms with van der Waals surface area (Å²) in [6.45, 7) is 18.7.